The highest BCUT2D eigenvalue weighted by molar-refractivity contribution is 5.90. The fourth-order valence-electron chi connectivity index (χ4n) is 3.05. The first-order chi connectivity index (χ1) is 11.3. The van der Waals surface area contributed by atoms with Crippen LogP contribution in [0, 0.1) is 0 Å². The number of carbonyl (C=O) groups is 1. The normalized spacial score (nSPS) is 13.5. The van der Waals surface area contributed by atoms with Crippen LogP contribution in [0.3, 0.4) is 0 Å². The molecule has 0 atom stereocenters. The van der Waals surface area contributed by atoms with E-state index in [1.807, 2.05) is 0 Å². The van der Waals surface area contributed by atoms with Gasteiger partial charge in [0.05, 0.1) is 6.61 Å². The van der Waals surface area contributed by atoms with Crippen LogP contribution in [-0.4, -0.2) is 30.8 Å². The van der Waals surface area contributed by atoms with Gasteiger partial charge in [0.25, 0.3) is 0 Å². The number of fused-ring (bicyclic) bond motifs is 1. The highest BCUT2D eigenvalue weighted by atomic mass is 16.5. The SMILES string of the molecule is O=C(O)c1ccccc1OCCCN1CCCc2ccccc21. The maximum atomic E-state index is 11.2. The summed E-state index contributed by atoms with van der Waals surface area (Å²) in [6.07, 6.45) is 3.19. The molecule has 0 radical (unpaired) electrons. The molecule has 4 heteroatoms. The van der Waals surface area contributed by atoms with Crippen LogP contribution < -0.4 is 9.64 Å². The maximum absolute atomic E-state index is 11.2. The molecule has 1 aliphatic heterocycles. The molecule has 0 bridgehead atoms. The van der Waals surface area contributed by atoms with E-state index in [0.29, 0.717) is 12.4 Å². The van der Waals surface area contributed by atoms with Gasteiger partial charge in [-0.25, -0.2) is 4.79 Å². The lowest BCUT2D eigenvalue weighted by Gasteiger charge is -2.31. The third-order valence-corrected chi connectivity index (χ3v) is 4.15. The van der Waals surface area contributed by atoms with Crippen molar-refractivity contribution in [2.24, 2.45) is 0 Å². The molecule has 2 aromatic rings. The van der Waals surface area contributed by atoms with Crippen molar-refractivity contribution in [3.63, 3.8) is 0 Å². The zero-order valence-electron chi connectivity index (χ0n) is 13.1. The molecule has 1 heterocycles. The molecule has 1 aliphatic rings. The summed E-state index contributed by atoms with van der Waals surface area (Å²) in [5.74, 6) is -0.510. The molecule has 0 aromatic heterocycles. The van der Waals surface area contributed by atoms with Crippen LogP contribution >= 0.6 is 0 Å². The Labute approximate surface area is 136 Å². The summed E-state index contributed by atoms with van der Waals surface area (Å²) in [7, 11) is 0. The number of aryl methyl sites for hydroxylation is 1. The van der Waals surface area contributed by atoms with E-state index >= 15 is 0 Å². The standard InChI is InChI=1S/C19H21NO3/c21-19(22)16-9-2-4-11-18(16)23-14-6-13-20-12-5-8-15-7-1-3-10-17(15)20/h1-4,7,9-11H,5-6,8,12-14H2,(H,21,22). The van der Waals surface area contributed by atoms with Gasteiger partial charge in [0.15, 0.2) is 0 Å². The molecule has 0 aliphatic carbocycles. The molecule has 4 nitrogen and oxygen atoms in total. The second kappa shape index (κ2) is 7.18. The minimum Gasteiger partial charge on any atom is -0.493 e. The molecule has 120 valence electrons. The van der Waals surface area contributed by atoms with Gasteiger partial charge in [0.1, 0.15) is 11.3 Å². The molecule has 0 saturated heterocycles. The molecule has 3 rings (SSSR count). The van der Waals surface area contributed by atoms with Crippen molar-refractivity contribution in [1.29, 1.82) is 0 Å². The van der Waals surface area contributed by atoms with Crippen molar-refractivity contribution in [3.05, 3.63) is 59.7 Å². The number of nitrogens with zero attached hydrogens (tertiary/aromatic N) is 1. The average molecular weight is 311 g/mol. The summed E-state index contributed by atoms with van der Waals surface area (Å²) < 4.78 is 5.67. The Morgan fingerprint density at radius 2 is 1.91 bits per heavy atom. The lowest BCUT2D eigenvalue weighted by molar-refractivity contribution is 0.0692. The van der Waals surface area contributed by atoms with Gasteiger partial charge >= 0.3 is 5.97 Å². The van der Waals surface area contributed by atoms with Crippen LogP contribution in [0.5, 0.6) is 5.75 Å². The summed E-state index contributed by atoms with van der Waals surface area (Å²) >= 11 is 0. The van der Waals surface area contributed by atoms with Gasteiger partial charge < -0.3 is 14.7 Å². The van der Waals surface area contributed by atoms with E-state index in [4.69, 9.17) is 9.84 Å². The second-order valence-corrected chi connectivity index (χ2v) is 5.72. The minimum atomic E-state index is -0.953. The molecule has 0 spiro atoms. The first-order valence-corrected chi connectivity index (χ1v) is 8.03. The summed E-state index contributed by atoms with van der Waals surface area (Å²) in [6, 6.07) is 15.3. The molecule has 2 aromatic carbocycles. The topological polar surface area (TPSA) is 49.8 Å². The number of ether oxygens (including phenoxy) is 1. The van der Waals surface area contributed by atoms with Crippen molar-refractivity contribution < 1.29 is 14.6 Å². The summed E-state index contributed by atoms with van der Waals surface area (Å²) in [4.78, 5) is 13.5. The van der Waals surface area contributed by atoms with E-state index in [2.05, 4.69) is 29.2 Å². The lowest BCUT2D eigenvalue weighted by atomic mass is 10.0. The van der Waals surface area contributed by atoms with E-state index in [1.54, 1.807) is 24.3 Å². The highest BCUT2D eigenvalue weighted by Gasteiger charge is 2.16. The van der Waals surface area contributed by atoms with E-state index in [0.717, 1.165) is 25.9 Å². The fourth-order valence-corrected chi connectivity index (χ4v) is 3.05. The van der Waals surface area contributed by atoms with Crippen molar-refractivity contribution in [1.82, 2.24) is 0 Å². The van der Waals surface area contributed by atoms with E-state index in [-0.39, 0.29) is 5.56 Å². The van der Waals surface area contributed by atoms with Gasteiger partial charge in [-0.1, -0.05) is 30.3 Å². The van der Waals surface area contributed by atoms with E-state index in [1.165, 1.54) is 17.7 Å². The van der Waals surface area contributed by atoms with Crippen molar-refractivity contribution in [3.8, 4) is 5.75 Å². The number of aromatic carboxylic acids is 1. The van der Waals surface area contributed by atoms with Crippen molar-refractivity contribution in [2.75, 3.05) is 24.6 Å². The van der Waals surface area contributed by atoms with E-state index in [9.17, 15) is 4.79 Å². The molecular formula is C19H21NO3. The third kappa shape index (κ3) is 3.65. The number of benzene rings is 2. The van der Waals surface area contributed by atoms with Gasteiger partial charge in [0, 0.05) is 18.8 Å². The fraction of sp³-hybridized carbons (Fsp3) is 0.316. The number of anilines is 1. The zero-order chi connectivity index (χ0) is 16.1. The Morgan fingerprint density at radius 3 is 2.78 bits per heavy atom. The number of hydrogen-bond acceptors (Lipinski definition) is 3. The number of para-hydroxylation sites is 2. The van der Waals surface area contributed by atoms with Crippen LogP contribution in [-0.2, 0) is 6.42 Å². The smallest absolute Gasteiger partial charge is 0.339 e. The van der Waals surface area contributed by atoms with Gasteiger partial charge in [-0.2, -0.15) is 0 Å². The van der Waals surface area contributed by atoms with Crippen LogP contribution in [0.25, 0.3) is 0 Å². The molecule has 0 unspecified atom stereocenters. The molecule has 23 heavy (non-hydrogen) atoms. The van der Waals surface area contributed by atoms with Crippen LogP contribution in [0.15, 0.2) is 48.5 Å². The van der Waals surface area contributed by atoms with Gasteiger partial charge in [-0.05, 0) is 43.0 Å². The first kappa shape index (κ1) is 15.4. The van der Waals surface area contributed by atoms with Gasteiger partial charge in [-0.15, -0.1) is 0 Å². The molecule has 0 saturated carbocycles. The Hall–Kier alpha value is -2.49. The minimum absolute atomic E-state index is 0.218. The Morgan fingerprint density at radius 1 is 1.13 bits per heavy atom. The molecule has 1 N–H and O–H groups in total. The monoisotopic (exact) mass is 311 g/mol. The maximum Gasteiger partial charge on any atom is 0.339 e. The summed E-state index contributed by atoms with van der Waals surface area (Å²) in [5, 5.41) is 9.15. The predicted octanol–water partition coefficient (Wildman–Crippen LogP) is 3.61. The number of carboxylic acid groups (broad SMARTS) is 1. The lowest BCUT2D eigenvalue weighted by Crippen LogP contribution is -2.31. The quantitative estimate of drug-likeness (QED) is 0.828. The van der Waals surface area contributed by atoms with Gasteiger partial charge in [-0.3, -0.25) is 0 Å². The summed E-state index contributed by atoms with van der Waals surface area (Å²) in [6.45, 7) is 2.51. The number of hydrogen-bond donors (Lipinski definition) is 1. The van der Waals surface area contributed by atoms with Crippen molar-refractivity contribution in [2.45, 2.75) is 19.3 Å². The van der Waals surface area contributed by atoms with Gasteiger partial charge in [0.2, 0.25) is 0 Å². The number of carboxylic acids is 1. The average Bonchev–Trinajstić information content (AvgIpc) is 2.59. The van der Waals surface area contributed by atoms with Crippen LogP contribution in [0.2, 0.25) is 0 Å². The van der Waals surface area contributed by atoms with Crippen LogP contribution in [0.1, 0.15) is 28.8 Å². The van der Waals surface area contributed by atoms with Crippen molar-refractivity contribution >= 4 is 11.7 Å². The Bertz CT molecular complexity index is 684. The highest BCUT2D eigenvalue weighted by Crippen LogP contribution is 2.26. The Kier molecular flexibility index (Phi) is 4.81. The van der Waals surface area contributed by atoms with E-state index < -0.39 is 5.97 Å². The largest absolute Gasteiger partial charge is 0.493 e. The third-order valence-electron chi connectivity index (χ3n) is 4.15. The second-order valence-electron chi connectivity index (χ2n) is 5.72. The first-order valence-electron chi connectivity index (χ1n) is 8.03. The zero-order valence-corrected chi connectivity index (χ0v) is 13.1. The molecule has 0 fully saturated rings. The van der Waals surface area contributed by atoms with Crippen LogP contribution in [0.4, 0.5) is 5.69 Å². The molecule has 0 amide bonds. The number of rotatable bonds is 6. The predicted molar refractivity (Wildman–Crippen MR) is 90.5 cm³/mol. The Balaban J connectivity index is 1.54. The molecular weight excluding hydrogens is 290 g/mol. The summed E-state index contributed by atoms with van der Waals surface area (Å²) in [5.41, 5.74) is 2.95.